The van der Waals surface area contributed by atoms with Crippen LogP contribution in [0.3, 0.4) is 0 Å². The Morgan fingerprint density at radius 3 is 2.50 bits per heavy atom. The van der Waals surface area contributed by atoms with Gasteiger partial charge in [-0.05, 0) is 24.1 Å². The summed E-state index contributed by atoms with van der Waals surface area (Å²) in [5.41, 5.74) is 5.80. The highest BCUT2D eigenvalue weighted by Gasteiger charge is 2.34. The SMILES string of the molecule is CC(C)CN(CC(F)(F)F)C(=O)c1cc(N)ccc1Cl. The maximum atomic E-state index is 12.6. The van der Waals surface area contributed by atoms with Gasteiger partial charge >= 0.3 is 6.18 Å². The van der Waals surface area contributed by atoms with Gasteiger partial charge in [-0.1, -0.05) is 25.4 Å². The summed E-state index contributed by atoms with van der Waals surface area (Å²) in [6, 6.07) is 4.16. The lowest BCUT2D eigenvalue weighted by Crippen LogP contribution is -2.41. The van der Waals surface area contributed by atoms with Crippen LogP contribution in [-0.4, -0.2) is 30.1 Å². The Morgan fingerprint density at radius 2 is 2.00 bits per heavy atom. The Bertz CT molecular complexity index is 489. The number of alkyl halides is 3. The van der Waals surface area contributed by atoms with Crippen LogP contribution in [0.2, 0.25) is 5.02 Å². The van der Waals surface area contributed by atoms with Crippen LogP contribution in [0.15, 0.2) is 18.2 Å². The molecule has 0 unspecified atom stereocenters. The van der Waals surface area contributed by atoms with Crippen molar-refractivity contribution in [2.45, 2.75) is 20.0 Å². The first kappa shape index (κ1) is 16.6. The summed E-state index contributed by atoms with van der Waals surface area (Å²) in [7, 11) is 0. The smallest absolute Gasteiger partial charge is 0.399 e. The van der Waals surface area contributed by atoms with E-state index in [1.54, 1.807) is 13.8 Å². The molecule has 112 valence electrons. The van der Waals surface area contributed by atoms with Crippen molar-refractivity contribution >= 4 is 23.2 Å². The summed E-state index contributed by atoms with van der Waals surface area (Å²) >= 11 is 5.86. The summed E-state index contributed by atoms with van der Waals surface area (Å²) < 4.78 is 37.7. The molecule has 1 aromatic rings. The maximum absolute atomic E-state index is 12.6. The molecule has 0 aromatic heterocycles. The predicted molar refractivity (Wildman–Crippen MR) is 72.7 cm³/mol. The maximum Gasteiger partial charge on any atom is 0.406 e. The molecule has 0 atom stereocenters. The van der Waals surface area contributed by atoms with E-state index in [0.29, 0.717) is 0 Å². The fourth-order valence-electron chi connectivity index (χ4n) is 1.75. The minimum atomic E-state index is -4.46. The third-order valence-corrected chi connectivity index (χ3v) is 2.79. The fraction of sp³-hybridized carbons (Fsp3) is 0.462. The molecule has 0 heterocycles. The van der Waals surface area contributed by atoms with E-state index in [1.807, 2.05) is 0 Å². The van der Waals surface area contributed by atoms with E-state index in [9.17, 15) is 18.0 Å². The number of hydrogen-bond donors (Lipinski definition) is 1. The molecule has 0 saturated carbocycles. The van der Waals surface area contributed by atoms with Crippen molar-refractivity contribution in [3.63, 3.8) is 0 Å². The van der Waals surface area contributed by atoms with E-state index >= 15 is 0 Å². The van der Waals surface area contributed by atoms with Crippen molar-refractivity contribution in [3.05, 3.63) is 28.8 Å². The van der Waals surface area contributed by atoms with E-state index in [0.717, 1.165) is 4.90 Å². The van der Waals surface area contributed by atoms with Gasteiger partial charge in [0, 0.05) is 12.2 Å². The minimum absolute atomic E-state index is 0.0104. The van der Waals surface area contributed by atoms with E-state index in [2.05, 4.69) is 0 Å². The summed E-state index contributed by atoms with van der Waals surface area (Å²) in [6.45, 7) is 2.15. The highest BCUT2D eigenvalue weighted by atomic mass is 35.5. The van der Waals surface area contributed by atoms with Gasteiger partial charge in [-0.3, -0.25) is 4.79 Å². The first-order chi connectivity index (χ1) is 9.10. The summed E-state index contributed by atoms with van der Waals surface area (Å²) in [5.74, 6) is -0.866. The highest BCUT2D eigenvalue weighted by Crippen LogP contribution is 2.24. The van der Waals surface area contributed by atoms with Crippen LogP contribution in [0.1, 0.15) is 24.2 Å². The lowest BCUT2D eigenvalue weighted by atomic mass is 10.1. The zero-order valence-corrected chi connectivity index (χ0v) is 11.9. The number of nitrogens with two attached hydrogens (primary N) is 1. The molecule has 20 heavy (non-hydrogen) atoms. The van der Waals surface area contributed by atoms with Crippen molar-refractivity contribution in [1.82, 2.24) is 4.90 Å². The molecule has 2 N–H and O–H groups in total. The van der Waals surface area contributed by atoms with Gasteiger partial charge in [0.2, 0.25) is 0 Å². The zero-order chi connectivity index (χ0) is 15.5. The molecule has 1 aromatic carbocycles. The van der Waals surface area contributed by atoms with Crippen LogP contribution in [0, 0.1) is 5.92 Å². The number of carbonyl (C=O) groups excluding carboxylic acids is 1. The first-order valence-electron chi connectivity index (χ1n) is 6.01. The van der Waals surface area contributed by atoms with E-state index in [4.69, 9.17) is 17.3 Å². The van der Waals surface area contributed by atoms with Gasteiger partial charge < -0.3 is 10.6 Å². The number of carbonyl (C=O) groups is 1. The lowest BCUT2D eigenvalue weighted by molar-refractivity contribution is -0.141. The van der Waals surface area contributed by atoms with Gasteiger partial charge in [0.15, 0.2) is 0 Å². The highest BCUT2D eigenvalue weighted by molar-refractivity contribution is 6.34. The Labute approximate surface area is 120 Å². The molecule has 3 nitrogen and oxygen atoms in total. The number of nitrogens with zero attached hydrogens (tertiary/aromatic N) is 1. The molecule has 0 aliphatic rings. The van der Waals surface area contributed by atoms with Crippen molar-refractivity contribution in [3.8, 4) is 0 Å². The fourth-order valence-corrected chi connectivity index (χ4v) is 1.95. The van der Waals surface area contributed by atoms with E-state index < -0.39 is 18.6 Å². The average Bonchev–Trinajstić information content (AvgIpc) is 2.28. The summed E-state index contributed by atoms with van der Waals surface area (Å²) in [5, 5.41) is 0.0835. The predicted octanol–water partition coefficient (Wildman–Crippen LogP) is 3.58. The second-order valence-corrected chi connectivity index (χ2v) is 5.34. The van der Waals surface area contributed by atoms with E-state index in [-0.39, 0.29) is 28.7 Å². The van der Waals surface area contributed by atoms with Crippen molar-refractivity contribution in [2.75, 3.05) is 18.8 Å². The van der Waals surface area contributed by atoms with Crippen molar-refractivity contribution < 1.29 is 18.0 Å². The number of rotatable bonds is 4. The number of anilines is 1. The van der Waals surface area contributed by atoms with Crippen LogP contribution < -0.4 is 5.73 Å². The van der Waals surface area contributed by atoms with Crippen LogP contribution in [0.5, 0.6) is 0 Å². The van der Waals surface area contributed by atoms with Crippen LogP contribution >= 0.6 is 11.6 Å². The van der Waals surface area contributed by atoms with Gasteiger partial charge in [0.05, 0.1) is 10.6 Å². The molecule has 0 saturated heterocycles. The molecular weight excluding hydrogens is 293 g/mol. The van der Waals surface area contributed by atoms with Crippen LogP contribution in [-0.2, 0) is 0 Å². The molecule has 0 radical (unpaired) electrons. The minimum Gasteiger partial charge on any atom is -0.399 e. The molecule has 0 bridgehead atoms. The molecule has 1 rings (SSSR count). The van der Waals surface area contributed by atoms with Gasteiger partial charge in [-0.15, -0.1) is 0 Å². The normalized spacial score (nSPS) is 11.8. The van der Waals surface area contributed by atoms with Gasteiger partial charge in [-0.25, -0.2) is 0 Å². The van der Waals surface area contributed by atoms with Crippen LogP contribution in [0.25, 0.3) is 0 Å². The van der Waals surface area contributed by atoms with E-state index in [1.165, 1.54) is 18.2 Å². The Balaban J connectivity index is 3.06. The Morgan fingerprint density at radius 1 is 1.40 bits per heavy atom. The van der Waals surface area contributed by atoms with Gasteiger partial charge in [0.1, 0.15) is 6.54 Å². The second-order valence-electron chi connectivity index (χ2n) is 4.93. The third kappa shape index (κ3) is 4.92. The van der Waals surface area contributed by atoms with Crippen molar-refractivity contribution in [1.29, 1.82) is 0 Å². The number of hydrogen-bond acceptors (Lipinski definition) is 2. The third-order valence-electron chi connectivity index (χ3n) is 2.46. The monoisotopic (exact) mass is 308 g/mol. The number of benzene rings is 1. The second kappa shape index (κ2) is 6.35. The molecule has 0 aliphatic carbocycles. The number of halogens is 4. The topological polar surface area (TPSA) is 46.3 Å². The Kier molecular flexibility index (Phi) is 5.28. The average molecular weight is 309 g/mol. The van der Waals surface area contributed by atoms with Crippen molar-refractivity contribution in [2.24, 2.45) is 5.92 Å². The molecule has 0 aliphatic heterocycles. The molecular formula is C13H16ClF3N2O. The lowest BCUT2D eigenvalue weighted by Gasteiger charge is -2.26. The summed E-state index contributed by atoms with van der Waals surface area (Å²) in [4.78, 5) is 13.0. The molecule has 0 fully saturated rings. The Hall–Kier alpha value is -1.43. The molecule has 0 spiro atoms. The van der Waals surface area contributed by atoms with Gasteiger partial charge in [0.25, 0.3) is 5.91 Å². The summed E-state index contributed by atoms with van der Waals surface area (Å²) in [6.07, 6.45) is -4.46. The quantitative estimate of drug-likeness (QED) is 0.864. The molecule has 1 amide bonds. The standard InChI is InChI=1S/C13H16ClF3N2O/c1-8(2)6-19(7-13(15,16)17)12(20)10-5-9(18)3-4-11(10)14/h3-5,8H,6-7,18H2,1-2H3. The number of amides is 1. The first-order valence-corrected chi connectivity index (χ1v) is 6.39. The van der Waals surface area contributed by atoms with Crippen LogP contribution in [0.4, 0.5) is 18.9 Å². The van der Waals surface area contributed by atoms with Gasteiger partial charge in [-0.2, -0.15) is 13.2 Å². The molecule has 7 heteroatoms. The largest absolute Gasteiger partial charge is 0.406 e. The zero-order valence-electron chi connectivity index (χ0n) is 11.2. The number of nitrogen functional groups attached to an aromatic ring is 1.